The van der Waals surface area contributed by atoms with Crippen molar-refractivity contribution in [1.29, 1.82) is 0 Å². The van der Waals surface area contributed by atoms with E-state index in [1.807, 2.05) is 20.8 Å². The van der Waals surface area contributed by atoms with Gasteiger partial charge in [-0.2, -0.15) is 0 Å². The molecule has 1 fully saturated rings. The number of hydrogen-bond acceptors (Lipinski definition) is 3. The predicted molar refractivity (Wildman–Crippen MR) is 65.1 cm³/mol. The van der Waals surface area contributed by atoms with Crippen LogP contribution in [0, 0.1) is 0 Å². The molecule has 1 aliphatic heterocycles. The number of nitrogens with one attached hydrogen (secondary N) is 1. The molecule has 0 bridgehead atoms. The van der Waals surface area contributed by atoms with Gasteiger partial charge in [-0.3, -0.25) is 10.1 Å². The maximum absolute atomic E-state index is 11.8. The fourth-order valence-electron chi connectivity index (χ4n) is 1.89. The minimum Gasteiger partial charge on any atom is -0.369 e. The predicted octanol–water partition coefficient (Wildman–Crippen LogP) is 1.35. The molecule has 0 radical (unpaired) electrons. The molecule has 98 valence electrons. The van der Waals surface area contributed by atoms with Gasteiger partial charge in [-0.15, -0.1) is 11.6 Å². The fraction of sp³-hybridized carbons (Fsp3) is 0.818. The van der Waals surface area contributed by atoms with Crippen molar-refractivity contribution < 1.29 is 14.3 Å². The van der Waals surface area contributed by atoms with Crippen molar-refractivity contribution in [2.45, 2.75) is 44.8 Å². The summed E-state index contributed by atoms with van der Waals surface area (Å²) in [5.74, 6) is -0.478. The van der Waals surface area contributed by atoms with Crippen LogP contribution in [0.3, 0.4) is 0 Å². The molecule has 1 rings (SSSR count). The van der Waals surface area contributed by atoms with Gasteiger partial charge < -0.3 is 9.64 Å². The molecular weight excluding hydrogens is 244 g/mol. The zero-order valence-corrected chi connectivity index (χ0v) is 11.4. The Hall–Kier alpha value is -0.810. The number of alkyl halides is 1. The summed E-state index contributed by atoms with van der Waals surface area (Å²) in [6.45, 7) is 8.17. The Morgan fingerprint density at radius 2 is 2.12 bits per heavy atom. The Labute approximate surface area is 106 Å². The number of rotatable bonds is 1. The molecule has 5 nitrogen and oxygen atoms in total. The van der Waals surface area contributed by atoms with Gasteiger partial charge in [0, 0.05) is 6.54 Å². The van der Waals surface area contributed by atoms with Crippen molar-refractivity contribution in [2.24, 2.45) is 0 Å². The third-order valence-corrected chi connectivity index (χ3v) is 2.65. The molecule has 1 aliphatic rings. The number of morpholine rings is 1. The maximum atomic E-state index is 11.8. The molecule has 3 amide bonds. The topological polar surface area (TPSA) is 58.6 Å². The molecule has 0 aromatic heterocycles. The van der Waals surface area contributed by atoms with E-state index in [0.29, 0.717) is 13.1 Å². The monoisotopic (exact) mass is 262 g/mol. The molecule has 1 saturated heterocycles. The van der Waals surface area contributed by atoms with Crippen molar-refractivity contribution in [2.75, 3.05) is 13.1 Å². The van der Waals surface area contributed by atoms with Crippen LogP contribution in [0.2, 0.25) is 0 Å². The highest BCUT2D eigenvalue weighted by Gasteiger charge is 2.34. The van der Waals surface area contributed by atoms with Crippen LogP contribution in [0.5, 0.6) is 0 Å². The van der Waals surface area contributed by atoms with Crippen LogP contribution in [0.15, 0.2) is 0 Å². The lowest BCUT2D eigenvalue weighted by Gasteiger charge is -2.41. The molecule has 1 N–H and O–H groups in total. The number of ether oxygens (including phenoxy) is 1. The second-order valence-electron chi connectivity index (χ2n) is 4.98. The standard InChI is InChI=1S/C11H19ClN2O3/c1-7-5-14(6-11(3,4)17-7)10(16)13-9(15)8(2)12/h7-8H,5-6H2,1-4H3,(H,13,15,16). The number of imide groups is 1. The summed E-state index contributed by atoms with van der Waals surface area (Å²) >= 11 is 5.59. The van der Waals surface area contributed by atoms with E-state index in [1.54, 1.807) is 4.90 Å². The first kappa shape index (κ1) is 14.3. The minimum atomic E-state index is -0.717. The molecule has 17 heavy (non-hydrogen) atoms. The smallest absolute Gasteiger partial charge is 0.324 e. The van der Waals surface area contributed by atoms with E-state index in [-0.39, 0.29) is 6.10 Å². The number of carbonyl (C=O) groups excluding carboxylic acids is 2. The SMILES string of the molecule is CC1CN(C(=O)NC(=O)C(C)Cl)CC(C)(C)O1. The van der Waals surface area contributed by atoms with Gasteiger partial charge in [0.25, 0.3) is 0 Å². The summed E-state index contributed by atoms with van der Waals surface area (Å²) in [5.41, 5.74) is -0.398. The molecule has 0 aromatic carbocycles. The van der Waals surface area contributed by atoms with Crippen LogP contribution >= 0.6 is 11.6 Å². The third kappa shape index (κ3) is 4.16. The second kappa shape index (κ2) is 5.23. The van der Waals surface area contributed by atoms with Crippen molar-refractivity contribution >= 4 is 23.5 Å². The van der Waals surface area contributed by atoms with E-state index in [4.69, 9.17) is 16.3 Å². The minimum absolute atomic E-state index is 0.0481. The average Bonchev–Trinajstić information content (AvgIpc) is 2.13. The Morgan fingerprint density at radius 3 is 2.59 bits per heavy atom. The molecule has 1 heterocycles. The van der Waals surface area contributed by atoms with E-state index in [9.17, 15) is 9.59 Å². The van der Waals surface area contributed by atoms with Gasteiger partial charge in [0.15, 0.2) is 0 Å². The van der Waals surface area contributed by atoms with E-state index in [0.717, 1.165) is 0 Å². The molecule has 0 saturated carbocycles. The van der Waals surface area contributed by atoms with E-state index in [1.165, 1.54) is 6.92 Å². The molecule has 0 aliphatic carbocycles. The van der Waals surface area contributed by atoms with Gasteiger partial charge in [-0.25, -0.2) is 4.79 Å². The zero-order valence-electron chi connectivity index (χ0n) is 10.6. The molecule has 2 atom stereocenters. The molecule has 2 unspecified atom stereocenters. The van der Waals surface area contributed by atoms with Gasteiger partial charge in [0.05, 0.1) is 18.2 Å². The average molecular weight is 263 g/mol. The highest BCUT2D eigenvalue weighted by molar-refractivity contribution is 6.31. The van der Waals surface area contributed by atoms with E-state index >= 15 is 0 Å². The quantitative estimate of drug-likeness (QED) is 0.726. The van der Waals surface area contributed by atoms with Crippen LogP contribution in [0.1, 0.15) is 27.7 Å². The highest BCUT2D eigenvalue weighted by atomic mass is 35.5. The molecule has 0 aromatic rings. The molecule has 0 spiro atoms. The maximum Gasteiger partial charge on any atom is 0.324 e. The second-order valence-corrected chi connectivity index (χ2v) is 5.63. The number of hydrogen-bond donors (Lipinski definition) is 1. The Morgan fingerprint density at radius 1 is 1.53 bits per heavy atom. The summed E-state index contributed by atoms with van der Waals surface area (Å²) < 4.78 is 5.67. The van der Waals surface area contributed by atoms with Crippen LogP contribution in [-0.4, -0.2) is 47.0 Å². The largest absolute Gasteiger partial charge is 0.369 e. The normalized spacial score (nSPS) is 25.2. The summed E-state index contributed by atoms with van der Waals surface area (Å²) in [4.78, 5) is 24.7. The number of nitrogens with zero attached hydrogens (tertiary/aromatic N) is 1. The van der Waals surface area contributed by atoms with Crippen molar-refractivity contribution in [3.05, 3.63) is 0 Å². The molecular formula is C11H19ClN2O3. The van der Waals surface area contributed by atoms with Gasteiger partial charge >= 0.3 is 6.03 Å². The Bertz CT molecular complexity index is 318. The lowest BCUT2D eigenvalue weighted by atomic mass is 10.1. The van der Waals surface area contributed by atoms with Gasteiger partial charge in [0.1, 0.15) is 5.38 Å². The van der Waals surface area contributed by atoms with Crippen LogP contribution in [-0.2, 0) is 9.53 Å². The lowest BCUT2D eigenvalue weighted by Crippen LogP contribution is -2.57. The first-order valence-corrected chi connectivity index (χ1v) is 6.06. The summed E-state index contributed by atoms with van der Waals surface area (Å²) in [6, 6.07) is -0.411. The number of halogens is 1. The highest BCUT2D eigenvalue weighted by Crippen LogP contribution is 2.20. The number of carbonyl (C=O) groups is 2. The van der Waals surface area contributed by atoms with Gasteiger partial charge in [-0.1, -0.05) is 0 Å². The Kier molecular flexibility index (Phi) is 4.38. The summed E-state index contributed by atoms with van der Waals surface area (Å²) in [7, 11) is 0. The first-order chi connectivity index (χ1) is 7.71. The van der Waals surface area contributed by atoms with E-state index in [2.05, 4.69) is 5.32 Å². The number of urea groups is 1. The lowest BCUT2D eigenvalue weighted by molar-refractivity contribution is -0.124. The number of amides is 3. The van der Waals surface area contributed by atoms with Gasteiger partial charge in [0.2, 0.25) is 5.91 Å². The van der Waals surface area contributed by atoms with Crippen molar-refractivity contribution in [1.82, 2.24) is 10.2 Å². The van der Waals surface area contributed by atoms with E-state index < -0.39 is 22.9 Å². The zero-order chi connectivity index (χ0) is 13.2. The summed E-state index contributed by atoms with van der Waals surface area (Å²) in [6.07, 6.45) is -0.0481. The van der Waals surface area contributed by atoms with Crippen molar-refractivity contribution in [3.63, 3.8) is 0 Å². The van der Waals surface area contributed by atoms with Crippen molar-refractivity contribution in [3.8, 4) is 0 Å². The van der Waals surface area contributed by atoms with Crippen LogP contribution in [0.4, 0.5) is 4.79 Å². The Balaban J connectivity index is 2.60. The third-order valence-electron chi connectivity index (χ3n) is 2.45. The summed E-state index contributed by atoms with van der Waals surface area (Å²) in [5, 5.41) is 1.55. The fourth-order valence-corrected chi connectivity index (χ4v) is 1.95. The van der Waals surface area contributed by atoms with Gasteiger partial charge in [-0.05, 0) is 27.7 Å². The van der Waals surface area contributed by atoms with Crippen LogP contribution < -0.4 is 5.32 Å². The van der Waals surface area contributed by atoms with Crippen LogP contribution in [0.25, 0.3) is 0 Å². The first-order valence-electron chi connectivity index (χ1n) is 5.63. The molecule has 6 heteroatoms.